The number of aromatic nitrogens is 5. The van der Waals surface area contributed by atoms with E-state index in [1.807, 2.05) is 47.5 Å². The largest absolute Gasteiger partial charge is 0.258 e. The third kappa shape index (κ3) is 2.02. The van der Waals surface area contributed by atoms with Gasteiger partial charge in [-0.25, -0.2) is 9.67 Å². The quantitative estimate of drug-likeness (QED) is 0.732. The Balaban J connectivity index is 2.00. The normalized spacial score (nSPS) is 10.7. The van der Waals surface area contributed by atoms with Gasteiger partial charge < -0.3 is 0 Å². The zero-order valence-corrected chi connectivity index (χ0v) is 10.6. The lowest BCUT2D eigenvalue weighted by Crippen LogP contribution is -1.94. The van der Waals surface area contributed by atoms with Crippen LogP contribution >= 0.6 is 11.8 Å². The van der Waals surface area contributed by atoms with Gasteiger partial charge in [-0.3, -0.25) is 5.10 Å². The molecule has 0 saturated heterocycles. The van der Waals surface area contributed by atoms with Gasteiger partial charge in [0.1, 0.15) is 0 Å². The highest BCUT2D eigenvalue weighted by Gasteiger charge is 2.06. The van der Waals surface area contributed by atoms with Crippen LogP contribution in [0.3, 0.4) is 0 Å². The number of nitrogens with zero attached hydrogens (tertiary/aromatic N) is 4. The SMILES string of the molecule is CSc1n[nH]c(-c2cccc(-n3cccn3)c2)n1. The van der Waals surface area contributed by atoms with Gasteiger partial charge in [0, 0.05) is 18.0 Å². The van der Waals surface area contributed by atoms with Crippen LogP contribution in [0.1, 0.15) is 0 Å². The second-order valence-electron chi connectivity index (χ2n) is 3.67. The van der Waals surface area contributed by atoms with E-state index in [0.717, 1.165) is 22.2 Å². The van der Waals surface area contributed by atoms with Gasteiger partial charge in [-0.05, 0) is 24.5 Å². The molecule has 0 aliphatic carbocycles. The van der Waals surface area contributed by atoms with Crippen molar-refractivity contribution in [3.05, 3.63) is 42.7 Å². The number of nitrogens with one attached hydrogen (secondary N) is 1. The van der Waals surface area contributed by atoms with Crippen LogP contribution in [0.15, 0.2) is 47.9 Å². The molecule has 0 spiro atoms. The van der Waals surface area contributed by atoms with Crippen LogP contribution in [0.4, 0.5) is 0 Å². The number of hydrogen-bond acceptors (Lipinski definition) is 4. The van der Waals surface area contributed by atoms with E-state index in [0.29, 0.717) is 0 Å². The smallest absolute Gasteiger partial charge is 0.208 e. The molecule has 0 aliphatic heterocycles. The van der Waals surface area contributed by atoms with E-state index in [9.17, 15) is 0 Å². The van der Waals surface area contributed by atoms with E-state index in [2.05, 4.69) is 20.3 Å². The molecule has 3 rings (SSSR count). The van der Waals surface area contributed by atoms with Crippen molar-refractivity contribution in [2.75, 3.05) is 6.26 Å². The predicted octanol–water partition coefficient (Wildman–Crippen LogP) is 2.38. The van der Waals surface area contributed by atoms with Gasteiger partial charge in [-0.2, -0.15) is 5.10 Å². The zero-order chi connectivity index (χ0) is 12.4. The average molecular weight is 257 g/mol. The number of hydrogen-bond donors (Lipinski definition) is 1. The van der Waals surface area contributed by atoms with Gasteiger partial charge in [-0.15, -0.1) is 5.10 Å². The van der Waals surface area contributed by atoms with Gasteiger partial charge >= 0.3 is 0 Å². The molecule has 0 saturated carbocycles. The molecule has 0 bridgehead atoms. The number of H-pyrrole nitrogens is 1. The number of rotatable bonds is 3. The van der Waals surface area contributed by atoms with Gasteiger partial charge in [0.2, 0.25) is 5.16 Å². The summed E-state index contributed by atoms with van der Waals surface area (Å²) in [7, 11) is 0. The van der Waals surface area contributed by atoms with E-state index in [1.54, 1.807) is 6.20 Å². The fourth-order valence-corrected chi connectivity index (χ4v) is 2.00. The van der Waals surface area contributed by atoms with Crippen LogP contribution in [0, 0.1) is 0 Å². The summed E-state index contributed by atoms with van der Waals surface area (Å²) in [5.74, 6) is 0.772. The molecule has 0 amide bonds. The molecule has 3 aromatic rings. The molecule has 0 unspecified atom stereocenters. The molecular weight excluding hydrogens is 246 g/mol. The number of thioether (sulfide) groups is 1. The van der Waals surface area contributed by atoms with E-state index in [1.165, 1.54) is 11.8 Å². The van der Waals surface area contributed by atoms with Crippen LogP contribution in [0.5, 0.6) is 0 Å². The third-order valence-corrected chi connectivity index (χ3v) is 3.08. The summed E-state index contributed by atoms with van der Waals surface area (Å²) in [6.07, 6.45) is 5.62. The fraction of sp³-hybridized carbons (Fsp3) is 0.0833. The molecule has 5 nitrogen and oxygen atoms in total. The van der Waals surface area contributed by atoms with E-state index in [4.69, 9.17) is 0 Å². The molecule has 2 heterocycles. The molecule has 2 aromatic heterocycles. The van der Waals surface area contributed by atoms with Crippen molar-refractivity contribution in [2.45, 2.75) is 5.16 Å². The van der Waals surface area contributed by atoms with Crippen LogP contribution in [-0.4, -0.2) is 31.2 Å². The maximum atomic E-state index is 4.39. The number of benzene rings is 1. The highest BCUT2D eigenvalue weighted by Crippen LogP contribution is 2.20. The topological polar surface area (TPSA) is 59.4 Å². The van der Waals surface area contributed by atoms with Gasteiger partial charge in [0.15, 0.2) is 5.82 Å². The van der Waals surface area contributed by atoms with Crippen molar-refractivity contribution in [1.29, 1.82) is 0 Å². The summed E-state index contributed by atoms with van der Waals surface area (Å²) in [5, 5.41) is 12.0. The zero-order valence-electron chi connectivity index (χ0n) is 9.74. The summed E-state index contributed by atoms with van der Waals surface area (Å²) < 4.78 is 1.81. The van der Waals surface area contributed by atoms with E-state index in [-0.39, 0.29) is 0 Å². The number of aromatic amines is 1. The predicted molar refractivity (Wildman–Crippen MR) is 70.7 cm³/mol. The summed E-state index contributed by atoms with van der Waals surface area (Å²) in [6, 6.07) is 9.90. The molecule has 0 aliphatic rings. The van der Waals surface area contributed by atoms with Crippen LogP contribution in [-0.2, 0) is 0 Å². The Morgan fingerprint density at radius 2 is 2.22 bits per heavy atom. The average Bonchev–Trinajstić information content (AvgIpc) is 3.10. The first-order chi connectivity index (χ1) is 8.86. The van der Waals surface area contributed by atoms with Crippen LogP contribution in [0.25, 0.3) is 17.1 Å². The molecule has 18 heavy (non-hydrogen) atoms. The van der Waals surface area contributed by atoms with E-state index >= 15 is 0 Å². The highest BCUT2D eigenvalue weighted by molar-refractivity contribution is 7.98. The van der Waals surface area contributed by atoms with Crippen molar-refractivity contribution in [2.24, 2.45) is 0 Å². The lowest BCUT2D eigenvalue weighted by molar-refractivity contribution is 0.880. The first-order valence-corrected chi connectivity index (χ1v) is 6.66. The van der Waals surface area contributed by atoms with Gasteiger partial charge in [-0.1, -0.05) is 23.9 Å². The van der Waals surface area contributed by atoms with Crippen molar-refractivity contribution in [3.8, 4) is 17.1 Å². The van der Waals surface area contributed by atoms with Crippen molar-refractivity contribution in [1.82, 2.24) is 25.0 Å². The van der Waals surface area contributed by atoms with Crippen molar-refractivity contribution in [3.63, 3.8) is 0 Å². The molecular formula is C12H11N5S. The lowest BCUT2D eigenvalue weighted by Gasteiger charge is -2.02. The Morgan fingerprint density at radius 1 is 1.28 bits per heavy atom. The monoisotopic (exact) mass is 257 g/mol. The Kier molecular flexibility index (Phi) is 2.85. The van der Waals surface area contributed by atoms with E-state index < -0.39 is 0 Å². The molecule has 6 heteroatoms. The van der Waals surface area contributed by atoms with Crippen molar-refractivity contribution >= 4 is 11.8 Å². The van der Waals surface area contributed by atoms with Gasteiger partial charge in [0.25, 0.3) is 0 Å². The van der Waals surface area contributed by atoms with Crippen LogP contribution in [0.2, 0.25) is 0 Å². The molecule has 0 radical (unpaired) electrons. The maximum absolute atomic E-state index is 4.39. The minimum Gasteiger partial charge on any atom is -0.258 e. The highest BCUT2D eigenvalue weighted by atomic mass is 32.2. The lowest BCUT2D eigenvalue weighted by atomic mass is 10.2. The second-order valence-corrected chi connectivity index (χ2v) is 4.45. The minimum atomic E-state index is 0.745. The first-order valence-electron chi connectivity index (χ1n) is 5.43. The summed E-state index contributed by atoms with van der Waals surface area (Å²) in [6.45, 7) is 0. The first kappa shape index (κ1) is 11.0. The Bertz CT molecular complexity index is 644. The summed E-state index contributed by atoms with van der Waals surface area (Å²) in [4.78, 5) is 4.39. The standard InChI is InChI=1S/C12H11N5S/c1-18-12-14-11(15-16-12)9-4-2-5-10(8-9)17-7-3-6-13-17/h2-8H,1H3,(H,14,15,16). The molecule has 1 aromatic carbocycles. The minimum absolute atomic E-state index is 0.745. The van der Waals surface area contributed by atoms with Gasteiger partial charge in [0.05, 0.1) is 5.69 Å². The second kappa shape index (κ2) is 4.66. The van der Waals surface area contributed by atoms with Crippen LogP contribution < -0.4 is 0 Å². The van der Waals surface area contributed by atoms with Crippen molar-refractivity contribution < 1.29 is 0 Å². The summed E-state index contributed by atoms with van der Waals surface area (Å²) in [5.41, 5.74) is 2.00. The molecule has 0 fully saturated rings. The Morgan fingerprint density at radius 3 is 2.94 bits per heavy atom. The third-order valence-electron chi connectivity index (χ3n) is 2.54. The maximum Gasteiger partial charge on any atom is 0.208 e. The Hall–Kier alpha value is -2.08. The molecule has 90 valence electrons. The Labute approximate surface area is 108 Å². The molecule has 0 atom stereocenters. The molecule has 1 N–H and O–H groups in total. The fourth-order valence-electron chi connectivity index (χ4n) is 1.68. The summed E-state index contributed by atoms with van der Waals surface area (Å²) >= 11 is 1.52.